The van der Waals surface area contributed by atoms with Crippen LogP contribution in [-0.2, 0) is 0 Å². The quantitative estimate of drug-likeness (QED) is 0.533. The minimum Gasteiger partial charge on any atom is -0.370 e. The van der Waals surface area contributed by atoms with Gasteiger partial charge < -0.3 is 10.6 Å². The molecular formula is C12H25N3. The molecule has 0 aliphatic carbocycles. The van der Waals surface area contributed by atoms with Gasteiger partial charge in [0.1, 0.15) is 0 Å². The first kappa shape index (κ1) is 12.3. The van der Waals surface area contributed by atoms with E-state index in [1.165, 1.54) is 6.42 Å². The Morgan fingerprint density at radius 3 is 2.40 bits per heavy atom. The van der Waals surface area contributed by atoms with Crippen LogP contribution in [0.5, 0.6) is 0 Å². The van der Waals surface area contributed by atoms with Gasteiger partial charge in [0.15, 0.2) is 5.96 Å². The van der Waals surface area contributed by atoms with Crippen molar-refractivity contribution in [3.05, 3.63) is 0 Å². The molecule has 15 heavy (non-hydrogen) atoms. The van der Waals surface area contributed by atoms with Crippen LogP contribution in [-0.4, -0.2) is 29.5 Å². The molecule has 3 nitrogen and oxygen atoms in total. The van der Waals surface area contributed by atoms with E-state index in [0.717, 1.165) is 24.9 Å². The molecule has 0 radical (unpaired) electrons. The van der Waals surface area contributed by atoms with Crippen LogP contribution in [0.3, 0.4) is 0 Å². The van der Waals surface area contributed by atoms with E-state index in [1.807, 2.05) is 0 Å². The molecule has 0 spiro atoms. The fraction of sp³-hybridized carbons (Fsp3) is 0.917. The highest BCUT2D eigenvalue weighted by atomic mass is 15.3. The summed E-state index contributed by atoms with van der Waals surface area (Å²) in [5.41, 5.74) is 5.93. The minimum atomic E-state index is -0.0694. The Labute approximate surface area is 93.7 Å². The lowest BCUT2D eigenvalue weighted by Crippen LogP contribution is -2.38. The highest BCUT2D eigenvalue weighted by Gasteiger charge is 2.26. The molecule has 88 valence electrons. The molecule has 1 atom stereocenters. The van der Waals surface area contributed by atoms with Crippen molar-refractivity contribution in [1.29, 1.82) is 0 Å². The molecular weight excluding hydrogens is 186 g/mol. The van der Waals surface area contributed by atoms with Gasteiger partial charge in [-0.3, -0.25) is 0 Å². The van der Waals surface area contributed by atoms with Gasteiger partial charge in [-0.15, -0.1) is 0 Å². The van der Waals surface area contributed by atoms with Gasteiger partial charge in [-0.25, -0.2) is 4.99 Å². The van der Waals surface area contributed by atoms with Crippen LogP contribution >= 0.6 is 0 Å². The van der Waals surface area contributed by atoms with E-state index in [2.05, 4.69) is 44.5 Å². The first-order valence-electron chi connectivity index (χ1n) is 5.90. The minimum absolute atomic E-state index is 0.0694. The van der Waals surface area contributed by atoms with Crippen LogP contribution < -0.4 is 5.73 Å². The zero-order chi connectivity index (χ0) is 11.6. The van der Waals surface area contributed by atoms with Gasteiger partial charge in [-0.05, 0) is 39.0 Å². The van der Waals surface area contributed by atoms with E-state index < -0.39 is 0 Å². The van der Waals surface area contributed by atoms with Gasteiger partial charge in [-0.2, -0.15) is 0 Å². The monoisotopic (exact) mass is 211 g/mol. The van der Waals surface area contributed by atoms with Crippen molar-refractivity contribution in [2.24, 2.45) is 22.6 Å². The molecule has 0 saturated carbocycles. The van der Waals surface area contributed by atoms with Crippen LogP contribution in [0.1, 0.15) is 41.0 Å². The molecule has 1 aliphatic heterocycles. The predicted molar refractivity (Wildman–Crippen MR) is 65.9 cm³/mol. The molecule has 1 aliphatic rings. The van der Waals surface area contributed by atoms with Crippen molar-refractivity contribution in [2.45, 2.75) is 46.6 Å². The zero-order valence-corrected chi connectivity index (χ0v) is 10.7. The molecule has 0 bridgehead atoms. The lowest BCUT2D eigenvalue weighted by molar-refractivity contribution is 0.385. The van der Waals surface area contributed by atoms with Crippen molar-refractivity contribution in [2.75, 3.05) is 13.1 Å². The fourth-order valence-corrected chi connectivity index (χ4v) is 1.95. The lowest BCUT2D eigenvalue weighted by Gasteiger charge is -2.22. The fourth-order valence-electron chi connectivity index (χ4n) is 1.95. The molecule has 0 amide bonds. The highest BCUT2D eigenvalue weighted by molar-refractivity contribution is 5.78. The summed E-state index contributed by atoms with van der Waals surface area (Å²) in [7, 11) is 0. The van der Waals surface area contributed by atoms with Gasteiger partial charge in [0.2, 0.25) is 0 Å². The summed E-state index contributed by atoms with van der Waals surface area (Å²) in [5.74, 6) is 2.24. The number of rotatable bonds is 1. The second kappa shape index (κ2) is 4.42. The molecule has 0 aromatic rings. The molecule has 2 N–H and O–H groups in total. The van der Waals surface area contributed by atoms with Crippen molar-refractivity contribution in [3.8, 4) is 0 Å². The van der Waals surface area contributed by atoms with Crippen LogP contribution in [0.15, 0.2) is 4.99 Å². The first-order valence-corrected chi connectivity index (χ1v) is 5.90. The Bertz CT molecular complexity index is 238. The van der Waals surface area contributed by atoms with Gasteiger partial charge in [0.25, 0.3) is 0 Å². The SMILES string of the molecule is CC(C)C1CCN(C(N)=NC(C)(C)C)C1. The van der Waals surface area contributed by atoms with Crippen molar-refractivity contribution in [1.82, 2.24) is 4.90 Å². The molecule has 0 aromatic carbocycles. The van der Waals surface area contributed by atoms with Crippen LogP contribution in [0.25, 0.3) is 0 Å². The number of hydrogen-bond acceptors (Lipinski definition) is 1. The predicted octanol–water partition coefficient (Wildman–Crippen LogP) is 2.08. The van der Waals surface area contributed by atoms with Crippen LogP contribution in [0.4, 0.5) is 0 Å². The summed E-state index contributed by atoms with van der Waals surface area (Å²) in [4.78, 5) is 6.72. The number of nitrogens with two attached hydrogens (primary N) is 1. The number of aliphatic imine (C=N–C) groups is 1. The maximum atomic E-state index is 6.00. The zero-order valence-electron chi connectivity index (χ0n) is 10.7. The first-order chi connectivity index (χ1) is 6.79. The molecule has 1 saturated heterocycles. The second-order valence-electron chi connectivity index (χ2n) is 5.88. The Morgan fingerprint density at radius 2 is 2.00 bits per heavy atom. The van der Waals surface area contributed by atoms with E-state index in [1.54, 1.807) is 0 Å². The van der Waals surface area contributed by atoms with Crippen LogP contribution in [0.2, 0.25) is 0 Å². The summed E-state index contributed by atoms with van der Waals surface area (Å²) in [6, 6.07) is 0. The average Bonchev–Trinajstić information content (AvgIpc) is 2.47. The molecule has 1 fully saturated rings. The summed E-state index contributed by atoms with van der Waals surface area (Å²) in [6.07, 6.45) is 1.25. The summed E-state index contributed by atoms with van der Waals surface area (Å²) >= 11 is 0. The number of likely N-dealkylation sites (tertiary alicyclic amines) is 1. The normalized spacial score (nSPS) is 24.0. The second-order valence-corrected chi connectivity index (χ2v) is 5.88. The van der Waals surface area contributed by atoms with Gasteiger partial charge in [0, 0.05) is 13.1 Å². The summed E-state index contributed by atoms with van der Waals surface area (Å²) in [5, 5.41) is 0. The van der Waals surface area contributed by atoms with E-state index in [-0.39, 0.29) is 5.54 Å². The van der Waals surface area contributed by atoms with Gasteiger partial charge in [0.05, 0.1) is 5.54 Å². The Balaban J connectivity index is 2.57. The molecule has 1 heterocycles. The van der Waals surface area contributed by atoms with E-state index in [0.29, 0.717) is 5.96 Å². The van der Waals surface area contributed by atoms with E-state index >= 15 is 0 Å². The van der Waals surface area contributed by atoms with Crippen LogP contribution in [0, 0.1) is 11.8 Å². The topological polar surface area (TPSA) is 41.6 Å². The summed E-state index contributed by atoms with van der Waals surface area (Å²) in [6.45, 7) is 12.9. The molecule has 1 unspecified atom stereocenters. The number of nitrogens with zero attached hydrogens (tertiary/aromatic N) is 2. The third kappa shape index (κ3) is 3.73. The third-order valence-corrected chi connectivity index (χ3v) is 2.94. The Morgan fingerprint density at radius 1 is 1.40 bits per heavy atom. The maximum absolute atomic E-state index is 6.00. The van der Waals surface area contributed by atoms with Gasteiger partial charge >= 0.3 is 0 Å². The largest absolute Gasteiger partial charge is 0.370 e. The Hall–Kier alpha value is -0.730. The van der Waals surface area contributed by atoms with Crippen molar-refractivity contribution < 1.29 is 0 Å². The van der Waals surface area contributed by atoms with Crippen molar-refractivity contribution >= 4 is 5.96 Å². The molecule has 0 aromatic heterocycles. The number of hydrogen-bond donors (Lipinski definition) is 1. The smallest absolute Gasteiger partial charge is 0.191 e. The highest BCUT2D eigenvalue weighted by Crippen LogP contribution is 2.23. The third-order valence-electron chi connectivity index (χ3n) is 2.94. The molecule has 1 rings (SSSR count). The summed E-state index contributed by atoms with van der Waals surface area (Å²) < 4.78 is 0. The standard InChI is InChI=1S/C12H25N3/c1-9(2)10-6-7-15(8-10)11(13)14-12(3,4)5/h9-10H,6-8H2,1-5H3,(H2,13,14). The van der Waals surface area contributed by atoms with Crippen molar-refractivity contribution in [3.63, 3.8) is 0 Å². The maximum Gasteiger partial charge on any atom is 0.191 e. The molecule has 3 heteroatoms. The average molecular weight is 211 g/mol. The Kier molecular flexibility index (Phi) is 3.63. The lowest BCUT2D eigenvalue weighted by atomic mass is 9.95. The van der Waals surface area contributed by atoms with Gasteiger partial charge in [-0.1, -0.05) is 13.8 Å². The van der Waals surface area contributed by atoms with E-state index in [9.17, 15) is 0 Å². The number of guanidine groups is 1. The van der Waals surface area contributed by atoms with E-state index in [4.69, 9.17) is 5.73 Å².